The molecule has 4 heteroatoms. The van der Waals surface area contributed by atoms with Crippen molar-refractivity contribution >= 4 is 78.0 Å². The molecule has 2 aromatic heterocycles. The highest BCUT2D eigenvalue weighted by Gasteiger charge is 2.19. The highest BCUT2D eigenvalue weighted by Crippen LogP contribution is 2.44. The Morgan fingerprint density at radius 3 is 0.492 bits per heavy atom. The number of anilines is 6. The number of furan rings is 2. The second-order valence-corrected chi connectivity index (χ2v) is 31.5. The Kier molecular flexibility index (Phi) is 20.5. The van der Waals surface area contributed by atoms with Crippen LogP contribution < -0.4 is 9.80 Å². The van der Waals surface area contributed by atoms with E-state index in [0.29, 0.717) is 0 Å². The minimum atomic E-state index is 0.912. The van der Waals surface area contributed by atoms with E-state index in [1.807, 2.05) is 24.3 Å². The molecule has 2 heterocycles. The van der Waals surface area contributed by atoms with Gasteiger partial charge in [-0.1, -0.05) is 376 Å². The maximum Gasteiger partial charge on any atom is 0.135 e. The van der Waals surface area contributed by atoms with Crippen molar-refractivity contribution < 1.29 is 8.83 Å². The molecule has 4 nitrogen and oxygen atoms in total. The molecule has 0 unspecified atom stereocenters. The van der Waals surface area contributed by atoms with Gasteiger partial charge in [0.25, 0.3) is 0 Å². The molecule has 0 radical (unpaired) electrons. The number of fused-ring (bicyclic) bond motifs is 6. The lowest BCUT2D eigenvalue weighted by Crippen LogP contribution is -2.09. The first-order valence-corrected chi connectivity index (χ1v) is 42.3. The zero-order chi connectivity index (χ0) is 82.5. The molecule has 0 atom stereocenters. The highest BCUT2D eigenvalue weighted by atomic mass is 16.3. The van der Waals surface area contributed by atoms with E-state index in [4.69, 9.17) is 8.83 Å². The third kappa shape index (κ3) is 15.7. The molecule has 0 bridgehead atoms. The Bertz CT molecular complexity index is 7210. The van der Waals surface area contributed by atoms with Crippen LogP contribution in [0, 0.1) is 0 Å². The molecular formula is C120H82N2O2. The molecule has 0 saturated carbocycles. The smallest absolute Gasteiger partial charge is 0.135 e. The van der Waals surface area contributed by atoms with Crippen LogP contribution in [-0.4, -0.2) is 0 Å². The van der Waals surface area contributed by atoms with Gasteiger partial charge in [-0.2, -0.15) is 0 Å². The van der Waals surface area contributed by atoms with Crippen LogP contribution in [0.15, 0.2) is 506 Å². The van der Waals surface area contributed by atoms with Gasteiger partial charge in [-0.25, -0.2) is 0 Å². The van der Waals surface area contributed by atoms with Gasteiger partial charge in [0.05, 0.1) is 0 Å². The number of hydrogen-bond donors (Lipinski definition) is 0. The maximum absolute atomic E-state index is 6.08. The average Bonchev–Trinajstić information content (AvgIpc) is 1.49. The molecule has 22 aromatic rings. The van der Waals surface area contributed by atoms with E-state index < -0.39 is 0 Å². The quantitative estimate of drug-likeness (QED) is 0.0857. The van der Waals surface area contributed by atoms with E-state index in [9.17, 15) is 0 Å². The van der Waals surface area contributed by atoms with Gasteiger partial charge < -0.3 is 18.6 Å². The minimum absolute atomic E-state index is 0.912. The number of nitrogens with zero attached hydrogens (tertiary/aromatic N) is 2. The van der Waals surface area contributed by atoms with Gasteiger partial charge in [0.2, 0.25) is 0 Å². The number of hydrogen-bond acceptors (Lipinski definition) is 4. The van der Waals surface area contributed by atoms with Crippen LogP contribution in [0.4, 0.5) is 34.1 Å². The molecule has 22 rings (SSSR count). The topological polar surface area (TPSA) is 32.8 Å². The third-order valence-corrected chi connectivity index (χ3v) is 23.9. The summed E-state index contributed by atoms with van der Waals surface area (Å²) in [5.41, 5.74) is 38.8. The van der Waals surface area contributed by atoms with Crippen molar-refractivity contribution in [1.29, 1.82) is 0 Å². The van der Waals surface area contributed by atoms with Crippen molar-refractivity contribution in [3.8, 4) is 134 Å². The van der Waals surface area contributed by atoms with E-state index in [-0.39, 0.29) is 0 Å². The molecule has 0 spiro atoms. The van der Waals surface area contributed by atoms with Crippen molar-refractivity contribution in [3.05, 3.63) is 497 Å². The standard InChI is InChI=1S/2C60H41NO/c1-3-11-42(12-4-1)49-15-9-17-51(39-49)47-27-34-55(35-28-47)61(56-36-29-48(30-37-56)52-18-10-16-50(40-52)43-13-5-2-6-14-43)54-32-25-45(26-33-54)44-21-23-46(24-22-44)53-31-38-60-58(41-53)57-19-7-8-20-59(57)62-60;1-3-9-42(10-4-1)44-15-19-46(20-16-44)49-27-34-54(35-28-49)61(55-36-29-50(30-37-55)47-21-17-45(18-22-47)43-11-5-2-6-12-43)56-38-31-51(32-39-56)48-23-25-52(26-24-48)53-33-40-60-58(41-53)57-13-7-8-14-59(57)62-60/h2*1-41H. The summed E-state index contributed by atoms with van der Waals surface area (Å²) >= 11 is 0. The molecule has 0 amide bonds. The SMILES string of the molecule is c1ccc(-c2ccc(-c3ccc(N(c4ccc(-c5ccc(-c6ccccc6)cc5)cc4)c4ccc(-c5ccc(-c6ccc7oc8ccccc8c7c6)cc5)cc4)cc3)cc2)cc1.c1ccc(-c2cccc(-c3ccc(N(c4ccc(-c5ccc(-c6ccc7oc8ccccc8c7c6)cc5)cc4)c4ccc(-c5cccc(-c6ccccc6)c5)cc4)cc3)c2)cc1. The Hall–Kier alpha value is -16.4. The molecule has 0 fully saturated rings. The minimum Gasteiger partial charge on any atom is -0.456 e. The maximum atomic E-state index is 6.08. The summed E-state index contributed by atoms with van der Waals surface area (Å²) < 4.78 is 12.2. The van der Waals surface area contributed by atoms with Gasteiger partial charge in [0, 0.05) is 55.7 Å². The first-order chi connectivity index (χ1) is 61.4. The van der Waals surface area contributed by atoms with Crippen molar-refractivity contribution in [3.63, 3.8) is 0 Å². The monoisotopic (exact) mass is 1580 g/mol. The molecule has 0 aliphatic carbocycles. The fraction of sp³-hybridized carbons (Fsp3) is 0. The summed E-state index contributed by atoms with van der Waals surface area (Å²) in [6, 6.07) is 178. The predicted octanol–water partition coefficient (Wildman–Crippen LogP) is 34.1. The molecule has 584 valence electrons. The highest BCUT2D eigenvalue weighted by molar-refractivity contribution is 6.07. The van der Waals surface area contributed by atoms with Crippen molar-refractivity contribution in [2.24, 2.45) is 0 Å². The van der Waals surface area contributed by atoms with Gasteiger partial charge in [0.1, 0.15) is 22.3 Å². The first-order valence-electron chi connectivity index (χ1n) is 42.3. The molecule has 124 heavy (non-hydrogen) atoms. The summed E-state index contributed by atoms with van der Waals surface area (Å²) in [5.74, 6) is 0. The molecule has 0 saturated heterocycles. The number of benzene rings is 20. The van der Waals surface area contributed by atoms with Crippen LogP contribution in [0.1, 0.15) is 0 Å². The van der Waals surface area contributed by atoms with Crippen molar-refractivity contribution in [2.75, 3.05) is 9.80 Å². The second kappa shape index (κ2) is 33.8. The first kappa shape index (κ1) is 75.1. The largest absolute Gasteiger partial charge is 0.456 e. The lowest BCUT2D eigenvalue weighted by Gasteiger charge is -2.26. The Balaban J connectivity index is 0.000000152. The summed E-state index contributed by atoms with van der Waals surface area (Å²) in [5, 5.41) is 4.57. The zero-order valence-electron chi connectivity index (χ0n) is 68.1. The van der Waals surface area contributed by atoms with E-state index in [1.165, 1.54) is 134 Å². The fourth-order valence-corrected chi connectivity index (χ4v) is 17.2. The number of para-hydroxylation sites is 2. The Labute approximate surface area is 722 Å². The summed E-state index contributed by atoms with van der Waals surface area (Å²) in [6.45, 7) is 0. The van der Waals surface area contributed by atoms with E-state index in [2.05, 4.69) is 483 Å². The average molecular weight is 1580 g/mol. The fourth-order valence-electron chi connectivity index (χ4n) is 17.2. The van der Waals surface area contributed by atoms with Crippen LogP contribution in [0.5, 0.6) is 0 Å². The lowest BCUT2D eigenvalue weighted by atomic mass is 9.98. The molecule has 0 aliphatic heterocycles. The molecule has 0 aliphatic rings. The van der Waals surface area contributed by atoms with Crippen molar-refractivity contribution in [1.82, 2.24) is 0 Å². The Morgan fingerprint density at radius 2 is 0.258 bits per heavy atom. The van der Waals surface area contributed by atoms with E-state index in [0.717, 1.165) is 78.0 Å². The second-order valence-electron chi connectivity index (χ2n) is 31.5. The van der Waals surface area contributed by atoms with Gasteiger partial charge in [-0.05, 0) is 255 Å². The summed E-state index contributed by atoms with van der Waals surface area (Å²) in [4.78, 5) is 4.68. The van der Waals surface area contributed by atoms with Crippen LogP contribution in [0.2, 0.25) is 0 Å². The van der Waals surface area contributed by atoms with Crippen LogP contribution in [-0.2, 0) is 0 Å². The third-order valence-electron chi connectivity index (χ3n) is 23.9. The Morgan fingerprint density at radius 1 is 0.105 bits per heavy atom. The van der Waals surface area contributed by atoms with Crippen molar-refractivity contribution in [2.45, 2.75) is 0 Å². The number of rotatable bonds is 18. The lowest BCUT2D eigenvalue weighted by molar-refractivity contribution is 0.668. The zero-order valence-corrected chi connectivity index (χ0v) is 68.1. The summed E-state index contributed by atoms with van der Waals surface area (Å²) in [6.07, 6.45) is 0. The summed E-state index contributed by atoms with van der Waals surface area (Å²) in [7, 11) is 0. The van der Waals surface area contributed by atoms with Gasteiger partial charge in [0.15, 0.2) is 0 Å². The predicted molar refractivity (Wildman–Crippen MR) is 522 cm³/mol. The molecule has 20 aromatic carbocycles. The van der Waals surface area contributed by atoms with E-state index >= 15 is 0 Å². The van der Waals surface area contributed by atoms with Crippen LogP contribution in [0.3, 0.4) is 0 Å². The van der Waals surface area contributed by atoms with Gasteiger partial charge in [-0.15, -0.1) is 0 Å². The molecule has 0 N–H and O–H groups in total. The van der Waals surface area contributed by atoms with Crippen LogP contribution in [0.25, 0.3) is 177 Å². The normalized spacial score (nSPS) is 11.2. The van der Waals surface area contributed by atoms with Crippen LogP contribution >= 0.6 is 0 Å². The van der Waals surface area contributed by atoms with Gasteiger partial charge in [-0.3, -0.25) is 0 Å². The molecular weight excluding hydrogens is 1500 g/mol. The van der Waals surface area contributed by atoms with Gasteiger partial charge >= 0.3 is 0 Å². The van der Waals surface area contributed by atoms with E-state index in [1.54, 1.807) is 0 Å².